The van der Waals surface area contributed by atoms with Crippen LogP contribution in [0.2, 0.25) is 0 Å². The molecule has 0 aliphatic rings. The Labute approximate surface area is 123 Å². The molecule has 0 aliphatic heterocycles. The van der Waals surface area contributed by atoms with Gasteiger partial charge in [0.1, 0.15) is 0 Å². The number of esters is 2. The average molecular weight is 294 g/mol. The van der Waals surface area contributed by atoms with Gasteiger partial charge in [0.15, 0.2) is 5.92 Å². The largest absolute Gasteiger partial charge is 0.488 e. The zero-order valence-electron chi connectivity index (χ0n) is 12.1. The van der Waals surface area contributed by atoms with Gasteiger partial charge in [0.05, 0.1) is 13.2 Å². The van der Waals surface area contributed by atoms with E-state index in [0.29, 0.717) is 11.0 Å². The molecule has 2 N–H and O–H groups in total. The van der Waals surface area contributed by atoms with Gasteiger partial charge in [-0.1, -0.05) is 24.3 Å². The predicted octanol–water partition coefficient (Wildman–Crippen LogP) is -0.349. The molecule has 0 unspecified atom stereocenters. The van der Waals surface area contributed by atoms with Crippen molar-refractivity contribution in [1.82, 2.24) is 0 Å². The molecule has 0 fully saturated rings. The minimum atomic E-state index is -1.55. The second-order valence-electron chi connectivity index (χ2n) is 4.38. The van der Waals surface area contributed by atoms with Crippen molar-refractivity contribution in [3.05, 3.63) is 29.8 Å². The van der Waals surface area contributed by atoms with Crippen LogP contribution in [0, 0.1) is 5.92 Å². The Kier molecular flexibility index (Phi) is 6.91. The summed E-state index contributed by atoms with van der Waals surface area (Å²) in [4.78, 5) is 23.7. The Morgan fingerprint density at radius 2 is 1.52 bits per heavy atom. The third-order valence-corrected chi connectivity index (χ3v) is 2.86. The van der Waals surface area contributed by atoms with Crippen LogP contribution in [0.4, 0.5) is 0 Å². The van der Waals surface area contributed by atoms with Crippen LogP contribution < -0.4 is 5.46 Å². The molecular weight excluding hydrogens is 275 g/mol. The Balaban J connectivity index is 2.84. The summed E-state index contributed by atoms with van der Waals surface area (Å²) >= 11 is 0. The summed E-state index contributed by atoms with van der Waals surface area (Å²) in [5.74, 6) is -2.26. The first kappa shape index (κ1) is 17.2. The van der Waals surface area contributed by atoms with Crippen molar-refractivity contribution in [2.24, 2.45) is 5.92 Å². The number of hydrogen-bond acceptors (Lipinski definition) is 6. The zero-order valence-corrected chi connectivity index (χ0v) is 12.1. The Hall–Kier alpha value is -1.86. The maximum absolute atomic E-state index is 11.8. The molecule has 21 heavy (non-hydrogen) atoms. The number of carbonyl (C=O) groups is 2. The van der Waals surface area contributed by atoms with E-state index in [9.17, 15) is 9.59 Å². The van der Waals surface area contributed by atoms with Crippen LogP contribution in [-0.2, 0) is 25.5 Å². The minimum Gasteiger partial charge on any atom is -0.465 e. The molecule has 7 heteroatoms. The lowest BCUT2D eigenvalue weighted by atomic mass is 9.80. The third-order valence-electron chi connectivity index (χ3n) is 2.86. The fourth-order valence-electron chi connectivity index (χ4n) is 1.81. The maximum atomic E-state index is 11.8. The number of hydrogen-bond donors (Lipinski definition) is 2. The molecule has 6 nitrogen and oxygen atoms in total. The quantitative estimate of drug-likeness (QED) is 0.406. The number of ether oxygens (including phenoxy) is 2. The van der Waals surface area contributed by atoms with Crippen LogP contribution in [0.25, 0.3) is 0 Å². The molecule has 0 radical (unpaired) electrons. The van der Waals surface area contributed by atoms with Crippen molar-refractivity contribution < 1.29 is 29.1 Å². The van der Waals surface area contributed by atoms with E-state index >= 15 is 0 Å². The normalized spacial score (nSPS) is 10.3. The highest BCUT2D eigenvalue weighted by molar-refractivity contribution is 6.58. The fraction of sp³-hybridized carbons (Fsp3) is 0.429. The summed E-state index contributed by atoms with van der Waals surface area (Å²) in [5, 5.41) is 18.0. The van der Waals surface area contributed by atoms with Crippen LogP contribution in [0.3, 0.4) is 0 Å². The Morgan fingerprint density at radius 1 is 1.05 bits per heavy atom. The number of benzene rings is 1. The van der Waals surface area contributed by atoms with E-state index in [2.05, 4.69) is 0 Å². The van der Waals surface area contributed by atoms with E-state index in [1.54, 1.807) is 26.0 Å². The van der Waals surface area contributed by atoms with Crippen LogP contribution in [-0.4, -0.2) is 42.3 Å². The molecule has 0 saturated heterocycles. The predicted molar refractivity (Wildman–Crippen MR) is 76.7 cm³/mol. The van der Waals surface area contributed by atoms with Crippen LogP contribution >= 0.6 is 0 Å². The van der Waals surface area contributed by atoms with Gasteiger partial charge in [-0.3, -0.25) is 9.59 Å². The monoisotopic (exact) mass is 294 g/mol. The van der Waals surface area contributed by atoms with E-state index < -0.39 is 25.0 Å². The first-order valence-corrected chi connectivity index (χ1v) is 6.77. The van der Waals surface area contributed by atoms with Crippen LogP contribution in [0.5, 0.6) is 0 Å². The second-order valence-corrected chi connectivity index (χ2v) is 4.38. The average Bonchev–Trinajstić information content (AvgIpc) is 2.45. The topological polar surface area (TPSA) is 93.1 Å². The minimum absolute atomic E-state index is 0.138. The van der Waals surface area contributed by atoms with Crippen LogP contribution in [0.15, 0.2) is 24.3 Å². The highest BCUT2D eigenvalue weighted by Gasteiger charge is 2.29. The SMILES string of the molecule is CCOC(=O)C(Cc1ccc(B(O)O)cc1)C(=O)OCC. The molecule has 0 amide bonds. The van der Waals surface area contributed by atoms with E-state index in [-0.39, 0.29) is 19.6 Å². The van der Waals surface area contributed by atoms with E-state index in [0.717, 1.165) is 0 Å². The molecule has 114 valence electrons. The molecule has 0 saturated carbocycles. The van der Waals surface area contributed by atoms with Crippen molar-refractivity contribution in [2.75, 3.05) is 13.2 Å². The third kappa shape index (κ3) is 5.20. The van der Waals surface area contributed by atoms with Gasteiger partial charge >= 0.3 is 19.1 Å². The van der Waals surface area contributed by atoms with Gasteiger partial charge in [0, 0.05) is 0 Å². The Bertz CT molecular complexity index is 453. The van der Waals surface area contributed by atoms with Crippen molar-refractivity contribution in [1.29, 1.82) is 0 Å². The van der Waals surface area contributed by atoms with Crippen LogP contribution in [0.1, 0.15) is 19.4 Å². The van der Waals surface area contributed by atoms with Crippen molar-refractivity contribution in [3.63, 3.8) is 0 Å². The van der Waals surface area contributed by atoms with E-state index in [1.807, 2.05) is 0 Å². The summed E-state index contributed by atoms with van der Waals surface area (Å²) in [6, 6.07) is 6.29. The highest BCUT2D eigenvalue weighted by atomic mass is 16.6. The summed E-state index contributed by atoms with van der Waals surface area (Å²) in [6.07, 6.45) is 0.138. The first-order chi connectivity index (χ1) is 9.99. The molecule has 1 aromatic carbocycles. The summed E-state index contributed by atoms with van der Waals surface area (Å²) in [5.41, 5.74) is 1.04. The van der Waals surface area contributed by atoms with E-state index in [4.69, 9.17) is 19.5 Å². The fourth-order valence-corrected chi connectivity index (χ4v) is 1.81. The lowest BCUT2D eigenvalue weighted by Gasteiger charge is -2.14. The molecule has 0 bridgehead atoms. The molecule has 1 rings (SSSR count). The molecule has 1 aromatic rings. The first-order valence-electron chi connectivity index (χ1n) is 6.77. The number of rotatable bonds is 7. The smallest absolute Gasteiger partial charge is 0.465 e. The molecular formula is C14H19BO6. The molecule has 0 aliphatic carbocycles. The number of carbonyl (C=O) groups excluding carboxylic acids is 2. The molecule has 0 atom stereocenters. The van der Waals surface area contributed by atoms with Gasteiger partial charge in [-0.25, -0.2) is 0 Å². The van der Waals surface area contributed by atoms with E-state index in [1.165, 1.54) is 12.1 Å². The standard InChI is InChI=1S/C14H19BO6/c1-3-20-13(16)12(14(17)21-4-2)9-10-5-7-11(8-6-10)15(18)19/h5-8,12,18-19H,3-4,9H2,1-2H3. The molecule has 0 aromatic heterocycles. The summed E-state index contributed by atoms with van der Waals surface area (Å²) < 4.78 is 9.77. The maximum Gasteiger partial charge on any atom is 0.488 e. The highest BCUT2D eigenvalue weighted by Crippen LogP contribution is 2.12. The second kappa shape index (κ2) is 8.44. The molecule has 0 spiro atoms. The lowest BCUT2D eigenvalue weighted by molar-refractivity contribution is -0.161. The Morgan fingerprint density at radius 3 is 1.90 bits per heavy atom. The van der Waals surface area contributed by atoms with Gasteiger partial charge in [-0.2, -0.15) is 0 Å². The van der Waals surface area contributed by atoms with Gasteiger partial charge in [0.25, 0.3) is 0 Å². The molecule has 0 heterocycles. The van der Waals surface area contributed by atoms with Gasteiger partial charge in [0.2, 0.25) is 0 Å². The van der Waals surface area contributed by atoms with Gasteiger partial charge < -0.3 is 19.5 Å². The summed E-state index contributed by atoms with van der Waals surface area (Å²) in [7, 11) is -1.55. The zero-order chi connectivity index (χ0) is 15.8. The van der Waals surface area contributed by atoms with Crippen molar-refractivity contribution in [2.45, 2.75) is 20.3 Å². The van der Waals surface area contributed by atoms with Gasteiger partial charge in [-0.05, 0) is 31.3 Å². The van der Waals surface area contributed by atoms with Crippen molar-refractivity contribution >= 4 is 24.5 Å². The lowest BCUT2D eigenvalue weighted by Crippen LogP contribution is -2.31. The summed E-state index contributed by atoms with van der Waals surface area (Å²) in [6.45, 7) is 3.70. The van der Waals surface area contributed by atoms with Gasteiger partial charge in [-0.15, -0.1) is 0 Å². The van der Waals surface area contributed by atoms with Crippen molar-refractivity contribution in [3.8, 4) is 0 Å².